The van der Waals surface area contributed by atoms with Crippen LogP contribution in [0.25, 0.3) is 5.69 Å². The van der Waals surface area contributed by atoms with E-state index in [2.05, 4.69) is 26.3 Å². The van der Waals surface area contributed by atoms with Gasteiger partial charge in [0.2, 0.25) is 0 Å². The van der Waals surface area contributed by atoms with Gasteiger partial charge in [0.15, 0.2) is 0 Å². The van der Waals surface area contributed by atoms with Crippen LogP contribution in [0.2, 0.25) is 0 Å². The van der Waals surface area contributed by atoms with Gasteiger partial charge in [-0.2, -0.15) is 5.10 Å². The summed E-state index contributed by atoms with van der Waals surface area (Å²) >= 11 is 3.48. The molecule has 5 nitrogen and oxygen atoms in total. The number of nitrogens with one attached hydrogen (secondary N) is 1. The number of carbonyl (C=O) groups is 1. The molecule has 144 valence electrons. The molecular weight excluding hydrogens is 425 g/mol. The van der Waals surface area contributed by atoms with Crippen LogP contribution in [0.15, 0.2) is 46.9 Å². The number of benzene rings is 2. The Morgan fingerprint density at radius 2 is 2.00 bits per heavy atom. The molecule has 0 aliphatic carbocycles. The molecule has 28 heavy (non-hydrogen) atoms. The average molecular weight is 444 g/mol. The van der Waals surface area contributed by atoms with Crippen molar-refractivity contribution in [3.8, 4) is 11.4 Å². The van der Waals surface area contributed by atoms with E-state index < -0.39 is 0 Å². The Morgan fingerprint density at radius 3 is 2.75 bits per heavy atom. The number of carbonyl (C=O) groups excluding carboxylic acids is 1. The Balaban J connectivity index is 1.63. The first-order valence-corrected chi connectivity index (χ1v) is 9.78. The number of halogens is 2. The molecule has 1 aromatic heterocycles. The lowest BCUT2D eigenvalue weighted by atomic mass is 10.00. The number of fused-ring (bicyclic) bond motifs is 1. The summed E-state index contributed by atoms with van der Waals surface area (Å²) in [6.07, 6.45) is 0.694. The third-order valence-electron chi connectivity index (χ3n) is 4.91. The van der Waals surface area contributed by atoms with Gasteiger partial charge in [0.05, 0.1) is 35.3 Å². The second kappa shape index (κ2) is 7.39. The maximum Gasteiger partial charge on any atom is 0.255 e. The van der Waals surface area contributed by atoms with Gasteiger partial charge in [-0.25, -0.2) is 9.07 Å². The van der Waals surface area contributed by atoms with E-state index in [9.17, 15) is 9.18 Å². The van der Waals surface area contributed by atoms with Crippen molar-refractivity contribution < 1.29 is 13.9 Å². The third-order valence-corrected chi connectivity index (χ3v) is 5.40. The molecular formula is C21H19BrFN3O2. The van der Waals surface area contributed by atoms with E-state index in [4.69, 9.17) is 4.74 Å². The molecule has 0 radical (unpaired) electrons. The van der Waals surface area contributed by atoms with Crippen molar-refractivity contribution in [1.29, 1.82) is 0 Å². The highest BCUT2D eigenvalue weighted by molar-refractivity contribution is 9.10. The zero-order valence-corrected chi connectivity index (χ0v) is 17.1. The Morgan fingerprint density at radius 1 is 1.25 bits per heavy atom. The van der Waals surface area contributed by atoms with E-state index in [1.165, 1.54) is 12.1 Å². The number of aryl methyl sites for hydroxylation is 1. The van der Waals surface area contributed by atoms with Crippen molar-refractivity contribution in [3.05, 3.63) is 75.3 Å². The maximum atomic E-state index is 13.2. The van der Waals surface area contributed by atoms with Gasteiger partial charge in [-0.1, -0.05) is 15.9 Å². The van der Waals surface area contributed by atoms with Crippen molar-refractivity contribution in [1.82, 2.24) is 15.1 Å². The zero-order chi connectivity index (χ0) is 19.8. The van der Waals surface area contributed by atoms with E-state index in [1.54, 1.807) is 23.7 Å². The SMILES string of the molecule is Cc1nn(-c2ccc(F)cc2)c(C)c1C(=O)NC1CCOc2ccc(Br)cc21. The molecule has 7 heteroatoms. The van der Waals surface area contributed by atoms with E-state index in [0.29, 0.717) is 35.7 Å². The molecule has 0 saturated carbocycles. The molecule has 3 aromatic rings. The predicted octanol–water partition coefficient (Wildman–Crippen LogP) is 4.64. The summed E-state index contributed by atoms with van der Waals surface area (Å²) in [6, 6.07) is 11.7. The highest BCUT2D eigenvalue weighted by Crippen LogP contribution is 2.34. The molecule has 0 bridgehead atoms. The summed E-state index contributed by atoms with van der Waals surface area (Å²) in [6.45, 7) is 4.19. The lowest BCUT2D eigenvalue weighted by Crippen LogP contribution is -2.32. The highest BCUT2D eigenvalue weighted by atomic mass is 79.9. The van der Waals surface area contributed by atoms with Crippen LogP contribution in [-0.4, -0.2) is 22.3 Å². The van der Waals surface area contributed by atoms with Crippen LogP contribution < -0.4 is 10.1 Å². The van der Waals surface area contributed by atoms with Crippen LogP contribution in [0.5, 0.6) is 5.75 Å². The van der Waals surface area contributed by atoms with Crippen LogP contribution in [-0.2, 0) is 0 Å². The highest BCUT2D eigenvalue weighted by Gasteiger charge is 2.26. The number of aromatic nitrogens is 2. The van der Waals surface area contributed by atoms with E-state index in [0.717, 1.165) is 15.8 Å². The number of rotatable bonds is 3. The van der Waals surface area contributed by atoms with Crippen LogP contribution in [0, 0.1) is 19.7 Å². The van der Waals surface area contributed by atoms with Crippen LogP contribution in [0.3, 0.4) is 0 Å². The van der Waals surface area contributed by atoms with E-state index in [1.807, 2.05) is 25.1 Å². The summed E-state index contributed by atoms with van der Waals surface area (Å²) in [7, 11) is 0. The molecule has 1 N–H and O–H groups in total. The Labute approximate surface area is 170 Å². The smallest absolute Gasteiger partial charge is 0.255 e. The molecule has 1 atom stereocenters. The van der Waals surface area contributed by atoms with Crippen molar-refractivity contribution in [2.24, 2.45) is 0 Å². The third kappa shape index (κ3) is 3.42. The Kier molecular flexibility index (Phi) is 4.93. The van der Waals surface area contributed by atoms with Crippen molar-refractivity contribution in [2.45, 2.75) is 26.3 Å². The Hall–Kier alpha value is -2.67. The van der Waals surface area contributed by atoms with Gasteiger partial charge < -0.3 is 10.1 Å². The van der Waals surface area contributed by atoms with Gasteiger partial charge in [0.1, 0.15) is 11.6 Å². The van der Waals surface area contributed by atoms with Crippen LogP contribution in [0.1, 0.15) is 39.8 Å². The normalized spacial score (nSPS) is 15.6. The second-order valence-corrected chi connectivity index (χ2v) is 7.70. The van der Waals surface area contributed by atoms with Gasteiger partial charge in [0.25, 0.3) is 5.91 Å². The molecule has 1 aliphatic heterocycles. The van der Waals surface area contributed by atoms with Gasteiger partial charge in [0, 0.05) is 16.5 Å². The first kappa shape index (κ1) is 18.7. The second-order valence-electron chi connectivity index (χ2n) is 6.78. The standard InChI is InChI=1S/C21H19BrFN3O2/c1-12-20(13(2)26(25-12)16-6-4-15(23)5-7-16)21(27)24-18-9-10-28-19-8-3-14(22)11-17(18)19/h3-8,11,18H,9-10H2,1-2H3,(H,24,27). The number of amides is 1. The molecule has 1 aliphatic rings. The Bertz CT molecular complexity index is 1050. The monoisotopic (exact) mass is 443 g/mol. The van der Waals surface area contributed by atoms with Crippen molar-refractivity contribution in [2.75, 3.05) is 6.61 Å². The van der Waals surface area contributed by atoms with Gasteiger partial charge >= 0.3 is 0 Å². The van der Waals surface area contributed by atoms with E-state index in [-0.39, 0.29) is 17.8 Å². The fourth-order valence-corrected chi connectivity index (χ4v) is 3.93. The predicted molar refractivity (Wildman–Crippen MR) is 107 cm³/mol. The summed E-state index contributed by atoms with van der Waals surface area (Å²) < 4.78 is 21.5. The summed E-state index contributed by atoms with van der Waals surface area (Å²) in [5.41, 5.74) is 3.54. The number of hydrogen-bond donors (Lipinski definition) is 1. The molecule has 1 unspecified atom stereocenters. The number of ether oxygens (including phenoxy) is 1. The topological polar surface area (TPSA) is 56.2 Å². The molecule has 0 saturated heterocycles. The minimum Gasteiger partial charge on any atom is -0.493 e. The molecule has 4 rings (SSSR count). The maximum absolute atomic E-state index is 13.2. The minimum atomic E-state index is -0.312. The summed E-state index contributed by atoms with van der Waals surface area (Å²) in [5, 5.41) is 7.60. The first-order valence-electron chi connectivity index (χ1n) is 8.99. The minimum absolute atomic E-state index is 0.137. The van der Waals surface area contributed by atoms with Gasteiger partial charge in [-0.15, -0.1) is 0 Å². The quantitative estimate of drug-likeness (QED) is 0.640. The molecule has 0 fully saturated rings. The zero-order valence-electron chi connectivity index (χ0n) is 15.5. The lowest BCUT2D eigenvalue weighted by Gasteiger charge is -2.27. The molecule has 1 amide bonds. The first-order chi connectivity index (χ1) is 13.4. The van der Waals surface area contributed by atoms with Crippen molar-refractivity contribution >= 4 is 21.8 Å². The van der Waals surface area contributed by atoms with E-state index >= 15 is 0 Å². The lowest BCUT2D eigenvalue weighted by molar-refractivity contribution is 0.0923. The molecule has 2 heterocycles. The molecule has 0 spiro atoms. The largest absolute Gasteiger partial charge is 0.493 e. The van der Waals surface area contributed by atoms with Crippen molar-refractivity contribution in [3.63, 3.8) is 0 Å². The number of hydrogen-bond acceptors (Lipinski definition) is 3. The fraction of sp³-hybridized carbons (Fsp3) is 0.238. The average Bonchev–Trinajstić information content (AvgIpc) is 2.97. The van der Waals surface area contributed by atoms with Gasteiger partial charge in [-0.05, 0) is 56.3 Å². The van der Waals surface area contributed by atoms with Crippen LogP contribution >= 0.6 is 15.9 Å². The number of nitrogens with zero attached hydrogens (tertiary/aromatic N) is 2. The summed E-state index contributed by atoms with van der Waals surface area (Å²) in [5.74, 6) is 0.295. The molecule has 2 aromatic carbocycles. The fourth-order valence-electron chi connectivity index (χ4n) is 3.55. The van der Waals surface area contributed by atoms with Gasteiger partial charge in [-0.3, -0.25) is 4.79 Å². The van der Waals surface area contributed by atoms with Crippen LogP contribution in [0.4, 0.5) is 4.39 Å². The summed E-state index contributed by atoms with van der Waals surface area (Å²) in [4.78, 5) is 13.1.